The fourth-order valence-corrected chi connectivity index (χ4v) is 4.81. The summed E-state index contributed by atoms with van der Waals surface area (Å²) in [6.45, 7) is 2.26. The molecular formula is C24H22Cl2N2O7. The number of carbonyl (C=O) groups excluding carboxylic acids is 3. The second kappa shape index (κ2) is 9.66. The Morgan fingerprint density at radius 1 is 0.914 bits per heavy atom. The summed E-state index contributed by atoms with van der Waals surface area (Å²) in [4.78, 5) is 42.2. The number of halogens is 2. The number of ether oxygens (including phenoxy) is 3. The molecule has 1 spiro atoms. The van der Waals surface area contributed by atoms with Crippen molar-refractivity contribution in [3.05, 3.63) is 69.7 Å². The molecule has 1 amide bonds. The Balaban J connectivity index is 1.20. The fourth-order valence-electron chi connectivity index (χ4n) is 4.56. The van der Waals surface area contributed by atoms with Crippen LogP contribution in [0.5, 0.6) is 0 Å². The van der Waals surface area contributed by atoms with Crippen LogP contribution in [-0.2, 0) is 28.6 Å². The monoisotopic (exact) mass is 520 g/mol. The van der Waals surface area contributed by atoms with Crippen molar-refractivity contribution in [1.82, 2.24) is 9.96 Å². The SMILES string of the molecule is O=C1OC2N(OC1=O)C(=O)OC21CCN(CCOC(c2ccc(Cl)cc2)c2ccc(Cl)cc2)CC1. The van der Waals surface area contributed by atoms with Gasteiger partial charge in [0.2, 0.25) is 0 Å². The minimum absolute atomic E-state index is 0.290. The molecule has 0 radical (unpaired) electrons. The molecule has 9 nitrogen and oxygen atoms in total. The summed E-state index contributed by atoms with van der Waals surface area (Å²) >= 11 is 12.1. The number of benzene rings is 2. The average Bonchev–Trinajstić information content (AvgIpc) is 3.10. The molecular weight excluding hydrogens is 499 g/mol. The van der Waals surface area contributed by atoms with Crippen molar-refractivity contribution in [3.63, 3.8) is 0 Å². The van der Waals surface area contributed by atoms with Gasteiger partial charge in [0.05, 0.1) is 6.61 Å². The number of amides is 1. The van der Waals surface area contributed by atoms with Crippen LogP contribution in [0.4, 0.5) is 4.79 Å². The van der Waals surface area contributed by atoms with E-state index in [2.05, 4.69) is 4.90 Å². The Labute approximate surface area is 211 Å². The van der Waals surface area contributed by atoms with Crippen molar-refractivity contribution < 1.29 is 33.4 Å². The second-order valence-electron chi connectivity index (χ2n) is 8.59. The molecule has 35 heavy (non-hydrogen) atoms. The zero-order valence-electron chi connectivity index (χ0n) is 18.5. The van der Waals surface area contributed by atoms with E-state index in [1.165, 1.54) is 0 Å². The van der Waals surface area contributed by atoms with Crippen LogP contribution >= 0.6 is 23.2 Å². The normalized spacial score (nSPS) is 21.6. The zero-order chi connectivity index (χ0) is 24.6. The van der Waals surface area contributed by atoms with E-state index in [9.17, 15) is 14.4 Å². The predicted octanol–water partition coefficient (Wildman–Crippen LogP) is 3.73. The van der Waals surface area contributed by atoms with Crippen molar-refractivity contribution >= 4 is 41.2 Å². The van der Waals surface area contributed by atoms with Gasteiger partial charge < -0.3 is 23.9 Å². The number of fused-ring (bicyclic) bond motifs is 2. The molecule has 11 heteroatoms. The highest BCUT2D eigenvalue weighted by Crippen LogP contribution is 2.41. The summed E-state index contributed by atoms with van der Waals surface area (Å²) in [6.07, 6.45) is -1.36. The molecule has 1 atom stereocenters. The van der Waals surface area contributed by atoms with Gasteiger partial charge in [-0.2, -0.15) is 0 Å². The fraction of sp³-hybridized carbons (Fsp3) is 0.375. The molecule has 2 aromatic carbocycles. The molecule has 3 heterocycles. The lowest BCUT2D eigenvalue weighted by Crippen LogP contribution is -2.57. The molecule has 3 aliphatic rings. The van der Waals surface area contributed by atoms with Crippen LogP contribution in [0.3, 0.4) is 0 Å². The maximum Gasteiger partial charge on any atom is 0.447 e. The molecule has 0 bridgehead atoms. The summed E-state index contributed by atoms with van der Waals surface area (Å²) < 4.78 is 17.0. The molecule has 0 aromatic heterocycles. The summed E-state index contributed by atoms with van der Waals surface area (Å²) in [7, 11) is 0. The second-order valence-corrected chi connectivity index (χ2v) is 9.46. The van der Waals surface area contributed by atoms with E-state index in [4.69, 9.17) is 42.3 Å². The van der Waals surface area contributed by atoms with Gasteiger partial charge in [0.1, 0.15) is 6.10 Å². The Morgan fingerprint density at radius 2 is 1.49 bits per heavy atom. The van der Waals surface area contributed by atoms with Crippen LogP contribution < -0.4 is 0 Å². The first-order valence-electron chi connectivity index (χ1n) is 11.1. The van der Waals surface area contributed by atoms with E-state index in [1.807, 2.05) is 48.5 Å². The van der Waals surface area contributed by atoms with Gasteiger partial charge in [-0.05, 0) is 35.4 Å². The van der Waals surface area contributed by atoms with Gasteiger partial charge in [0, 0.05) is 42.5 Å². The molecule has 3 saturated heterocycles. The van der Waals surface area contributed by atoms with E-state index in [0.29, 0.717) is 54.2 Å². The first-order valence-corrected chi connectivity index (χ1v) is 11.9. The molecule has 2 aromatic rings. The molecule has 0 aliphatic carbocycles. The first-order chi connectivity index (χ1) is 16.8. The van der Waals surface area contributed by atoms with E-state index in [-0.39, 0.29) is 6.10 Å². The summed E-state index contributed by atoms with van der Waals surface area (Å²) in [5.74, 6) is -2.36. The summed E-state index contributed by atoms with van der Waals surface area (Å²) in [5, 5.41) is 2.01. The minimum Gasteiger partial charge on any atom is -0.434 e. The number of hydrogen-bond donors (Lipinski definition) is 0. The molecule has 3 aliphatic heterocycles. The molecule has 0 saturated carbocycles. The Kier molecular flexibility index (Phi) is 6.59. The number of esters is 1. The third kappa shape index (κ3) is 4.81. The van der Waals surface area contributed by atoms with Crippen LogP contribution in [0.2, 0.25) is 10.0 Å². The zero-order valence-corrected chi connectivity index (χ0v) is 20.0. The van der Waals surface area contributed by atoms with Gasteiger partial charge in [0.25, 0.3) is 6.23 Å². The Morgan fingerprint density at radius 3 is 2.06 bits per heavy atom. The van der Waals surface area contributed by atoms with E-state index < -0.39 is 29.9 Å². The standard InChI is InChI=1S/C24H22Cl2N2O7/c25-17-5-1-15(2-6-17)19(16-3-7-18(26)8-4-16)32-14-13-27-11-9-24(10-12-27)22-28(23(31)34-24)35-21(30)20(29)33-22/h1-8,19,22H,9-14H2. The van der Waals surface area contributed by atoms with Gasteiger partial charge in [-0.1, -0.05) is 52.5 Å². The number of piperidine rings is 1. The van der Waals surface area contributed by atoms with Crippen molar-refractivity contribution in [2.75, 3.05) is 26.2 Å². The smallest absolute Gasteiger partial charge is 0.434 e. The van der Waals surface area contributed by atoms with Crippen molar-refractivity contribution in [2.45, 2.75) is 30.8 Å². The van der Waals surface area contributed by atoms with Gasteiger partial charge in [0.15, 0.2) is 5.60 Å². The largest absolute Gasteiger partial charge is 0.447 e. The van der Waals surface area contributed by atoms with Crippen LogP contribution in [-0.4, -0.2) is 66.1 Å². The Hall–Kier alpha value is -2.85. The highest BCUT2D eigenvalue weighted by molar-refractivity contribution is 6.31. The highest BCUT2D eigenvalue weighted by Gasteiger charge is 2.62. The molecule has 0 N–H and O–H groups in total. The number of likely N-dealkylation sites (tertiary alicyclic amines) is 1. The minimum atomic E-state index is -1.24. The van der Waals surface area contributed by atoms with Crippen LogP contribution in [0, 0.1) is 0 Å². The third-order valence-electron chi connectivity index (χ3n) is 6.44. The van der Waals surface area contributed by atoms with E-state index >= 15 is 0 Å². The molecule has 3 fully saturated rings. The highest BCUT2D eigenvalue weighted by atomic mass is 35.5. The number of carbonyl (C=O) groups is 3. The van der Waals surface area contributed by atoms with E-state index in [0.717, 1.165) is 11.1 Å². The maximum absolute atomic E-state index is 12.2. The first kappa shape index (κ1) is 23.9. The quantitative estimate of drug-likeness (QED) is 0.420. The number of nitrogens with zero attached hydrogens (tertiary/aromatic N) is 2. The predicted molar refractivity (Wildman–Crippen MR) is 123 cm³/mol. The van der Waals surface area contributed by atoms with Gasteiger partial charge in [-0.3, -0.25) is 0 Å². The number of hydroxylamine groups is 2. The van der Waals surface area contributed by atoms with E-state index in [1.54, 1.807) is 0 Å². The van der Waals surface area contributed by atoms with Crippen LogP contribution in [0.15, 0.2) is 48.5 Å². The lowest BCUT2D eigenvalue weighted by molar-refractivity contribution is -0.251. The number of hydrogen-bond acceptors (Lipinski definition) is 8. The van der Waals surface area contributed by atoms with Crippen LogP contribution in [0.25, 0.3) is 0 Å². The van der Waals surface area contributed by atoms with Crippen LogP contribution in [0.1, 0.15) is 30.1 Å². The summed E-state index contributed by atoms with van der Waals surface area (Å²) in [5.41, 5.74) is 0.904. The van der Waals surface area contributed by atoms with Gasteiger partial charge >= 0.3 is 18.0 Å². The van der Waals surface area contributed by atoms with Crippen molar-refractivity contribution in [3.8, 4) is 0 Å². The van der Waals surface area contributed by atoms with Gasteiger partial charge in [-0.25, -0.2) is 14.4 Å². The average molecular weight is 521 g/mol. The van der Waals surface area contributed by atoms with Gasteiger partial charge in [-0.15, -0.1) is 0 Å². The lowest BCUT2D eigenvalue weighted by Gasteiger charge is -2.40. The molecule has 5 rings (SSSR count). The molecule has 1 unspecified atom stereocenters. The van der Waals surface area contributed by atoms with Crippen molar-refractivity contribution in [2.24, 2.45) is 0 Å². The third-order valence-corrected chi connectivity index (χ3v) is 6.94. The number of rotatable bonds is 6. The molecule has 184 valence electrons. The lowest BCUT2D eigenvalue weighted by atomic mass is 9.89. The Bertz CT molecular complexity index is 1070. The topological polar surface area (TPSA) is 94.6 Å². The van der Waals surface area contributed by atoms with Crippen molar-refractivity contribution in [1.29, 1.82) is 0 Å². The summed E-state index contributed by atoms with van der Waals surface area (Å²) in [6, 6.07) is 15.1. The maximum atomic E-state index is 12.2.